The third kappa shape index (κ3) is 7.83. The number of carbonyl (C=O) groups is 1. The minimum atomic E-state index is -0.490. The molecule has 0 saturated carbocycles. The number of hydrogen-bond acceptors (Lipinski definition) is 3. The summed E-state index contributed by atoms with van der Waals surface area (Å²) in [6.07, 6.45) is 5.27. The first-order valence-electron chi connectivity index (χ1n) is 9.20. The molecule has 4 nitrogen and oxygen atoms in total. The average Bonchev–Trinajstić information content (AvgIpc) is 2.81. The van der Waals surface area contributed by atoms with Crippen molar-refractivity contribution in [3.63, 3.8) is 0 Å². The van der Waals surface area contributed by atoms with Crippen molar-refractivity contribution < 1.29 is 4.79 Å². The zero-order valence-corrected chi connectivity index (χ0v) is 17.9. The third-order valence-electron chi connectivity index (χ3n) is 4.88. The lowest BCUT2D eigenvalue weighted by Crippen LogP contribution is -2.48. The SMILES string of the molecule is CC(C)(C)[C@H](N)C(=O)NCc1ccccc1CN1CCCCCC1.Cl.Cl. The van der Waals surface area contributed by atoms with Crippen LogP contribution >= 0.6 is 24.8 Å². The minimum absolute atomic E-state index is 0. The highest BCUT2D eigenvalue weighted by molar-refractivity contribution is 5.85. The zero-order chi connectivity index (χ0) is 17.6. The quantitative estimate of drug-likeness (QED) is 0.783. The maximum Gasteiger partial charge on any atom is 0.237 e. The van der Waals surface area contributed by atoms with Crippen molar-refractivity contribution in [2.24, 2.45) is 11.1 Å². The number of nitrogens with zero attached hydrogens (tertiary/aromatic N) is 1. The average molecular weight is 404 g/mol. The molecule has 0 radical (unpaired) electrons. The lowest BCUT2D eigenvalue weighted by molar-refractivity contribution is -0.124. The molecule has 0 aliphatic carbocycles. The molecule has 1 aliphatic heterocycles. The summed E-state index contributed by atoms with van der Waals surface area (Å²) < 4.78 is 0. The fourth-order valence-corrected chi connectivity index (χ4v) is 3.10. The van der Waals surface area contributed by atoms with Crippen molar-refractivity contribution in [3.05, 3.63) is 35.4 Å². The van der Waals surface area contributed by atoms with E-state index in [1.165, 1.54) is 49.9 Å². The van der Waals surface area contributed by atoms with Crippen LogP contribution in [0.4, 0.5) is 0 Å². The molecule has 1 aromatic rings. The topological polar surface area (TPSA) is 58.4 Å². The first-order chi connectivity index (χ1) is 11.4. The third-order valence-corrected chi connectivity index (χ3v) is 4.88. The van der Waals surface area contributed by atoms with Crippen molar-refractivity contribution in [3.8, 4) is 0 Å². The molecule has 1 aliphatic rings. The van der Waals surface area contributed by atoms with Crippen molar-refractivity contribution in [2.75, 3.05) is 13.1 Å². The molecule has 1 saturated heterocycles. The molecule has 1 amide bonds. The van der Waals surface area contributed by atoms with Crippen molar-refractivity contribution in [2.45, 2.75) is 65.6 Å². The van der Waals surface area contributed by atoms with E-state index in [-0.39, 0.29) is 36.1 Å². The Morgan fingerprint density at radius 1 is 1.08 bits per heavy atom. The van der Waals surface area contributed by atoms with Crippen molar-refractivity contribution in [1.29, 1.82) is 0 Å². The molecule has 26 heavy (non-hydrogen) atoms. The van der Waals surface area contributed by atoms with Crippen LogP contribution < -0.4 is 11.1 Å². The van der Waals surface area contributed by atoms with Gasteiger partial charge in [0, 0.05) is 13.1 Å². The lowest BCUT2D eigenvalue weighted by atomic mass is 9.87. The van der Waals surface area contributed by atoms with Gasteiger partial charge in [-0.25, -0.2) is 0 Å². The van der Waals surface area contributed by atoms with Crippen LogP contribution in [0, 0.1) is 5.41 Å². The van der Waals surface area contributed by atoms with E-state index in [4.69, 9.17) is 5.73 Å². The van der Waals surface area contributed by atoms with E-state index in [2.05, 4.69) is 28.4 Å². The van der Waals surface area contributed by atoms with E-state index in [9.17, 15) is 4.79 Å². The van der Waals surface area contributed by atoms with Crippen LogP contribution in [-0.4, -0.2) is 29.9 Å². The number of hydrogen-bond donors (Lipinski definition) is 2. The Morgan fingerprint density at radius 3 is 2.15 bits per heavy atom. The molecule has 0 aromatic heterocycles. The Balaban J connectivity index is 0.00000312. The largest absolute Gasteiger partial charge is 0.351 e. The van der Waals surface area contributed by atoms with Gasteiger partial charge in [0.1, 0.15) is 0 Å². The second-order valence-corrected chi connectivity index (χ2v) is 8.02. The van der Waals surface area contributed by atoms with E-state index in [0.29, 0.717) is 6.54 Å². The summed E-state index contributed by atoms with van der Waals surface area (Å²) in [7, 11) is 0. The molecule has 0 bridgehead atoms. The maximum absolute atomic E-state index is 12.3. The summed E-state index contributed by atoms with van der Waals surface area (Å²) in [6.45, 7) is 9.84. The Hall–Kier alpha value is -0.810. The van der Waals surface area contributed by atoms with E-state index >= 15 is 0 Å². The predicted octanol–water partition coefficient (Wildman–Crippen LogP) is 3.90. The summed E-state index contributed by atoms with van der Waals surface area (Å²) in [4.78, 5) is 14.8. The number of benzene rings is 1. The highest BCUT2D eigenvalue weighted by Crippen LogP contribution is 2.18. The number of amides is 1. The van der Waals surface area contributed by atoms with E-state index < -0.39 is 6.04 Å². The molecule has 1 heterocycles. The lowest BCUT2D eigenvalue weighted by Gasteiger charge is -2.26. The molecular formula is C20H35Cl2N3O. The highest BCUT2D eigenvalue weighted by atomic mass is 35.5. The molecule has 1 fully saturated rings. The standard InChI is InChI=1S/C20H33N3O.2ClH/c1-20(2,3)18(21)19(24)22-14-16-10-6-7-11-17(16)15-23-12-8-4-5-9-13-23;;/h6-7,10-11,18H,4-5,8-9,12-15,21H2,1-3H3,(H,22,24);2*1H/t18-;;/m1../s1. The second-order valence-electron chi connectivity index (χ2n) is 8.02. The molecule has 1 aromatic carbocycles. The van der Waals surface area contributed by atoms with E-state index in [1.54, 1.807) is 0 Å². The van der Waals surface area contributed by atoms with Crippen LogP contribution in [-0.2, 0) is 17.9 Å². The summed E-state index contributed by atoms with van der Waals surface area (Å²) in [5, 5.41) is 3.01. The number of rotatable bonds is 5. The molecule has 6 heteroatoms. The van der Waals surface area contributed by atoms with Gasteiger partial charge in [-0.15, -0.1) is 24.8 Å². The van der Waals surface area contributed by atoms with Crippen LogP contribution in [0.1, 0.15) is 57.6 Å². The fourth-order valence-electron chi connectivity index (χ4n) is 3.10. The van der Waals surface area contributed by atoms with Gasteiger partial charge in [0.15, 0.2) is 0 Å². The molecule has 1 atom stereocenters. The Bertz CT molecular complexity index is 538. The number of carbonyl (C=O) groups excluding carboxylic acids is 1. The Labute approximate surface area is 171 Å². The molecule has 2 rings (SSSR count). The number of likely N-dealkylation sites (tertiary alicyclic amines) is 1. The Morgan fingerprint density at radius 2 is 1.62 bits per heavy atom. The molecular weight excluding hydrogens is 369 g/mol. The monoisotopic (exact) mass is 403 g/mol. The van der Waals surface area contributed by atoms with Crippen LogP contribution in [0.25, 0.3) is 0 Å². The van der Waals surface area contributed by atoms with Crippen molar-refractivity contribution >= 4 is 30.7 Å². The molecule has 3 N–H and O–H groups in total. The van der Waals surface area contributed by atoms with Gasteiger partial charge in [0.25, 0.3) is 0 Å². The number of nitrogens with one attached hydrogen (secondary N) is 1. The number of nitrogens with two attached hydrogens (primary N) is 1. The van der Waals surface area contributed by atoms with Gasteiger partial charge in [0.05, 0.1) is 6.04 Å². The number of halogens is 2. The highest BCUT2D eigenvalue weighted by Gasteiger charge is 2.27. The smallest absolute Gasteiger partial charge is 0.237 e. The molecule has 0 spiro atoms. The van der Waals surface area contributed by atoms with Gasteiger partial charge in [-0.3, -0.25) is 9.69 Å². The minimum Gasteiger partial charge on any atom is -0.351 e. The van der Waals surface area contributed by atoms with Gasteiger partial charge in [0.2, 0.25) is 5.91 Å². The Kier molecular flexibility index (Phi) is 11.4. The normalized spacial score (nSPS) is 16.6. The second kappa shape index (κ2) is 11.8. The predicted molar refractivity (Wildman–Crippen MR) is 114 cm³/mol. The van der Waals surface area contributed by atoms with Crippen molar-refractivity contribution in [1.82, 2.24) is 10.2 Å². The summed E-state index contributed by atoms with van der Waals surface area (Å²) >= 11 is 0. The van der Waals surface area contributed by atoms with Crippen LogP contribution in [0.2, 0.25) is 0 Å². The van der Waals surface area contributed by atoms with Gasteiger partial charge in [-0.2, -0.15) is 0 Å². The van der Waals surface area contributed by atoms with Crippen LogP contribution in [0.3, 0.4) is 0 Å². The van der Waals surface area contributed by atoms with Gasteiger partial charge >= 0.3 is 0 Å². The first-order valence-corrected chi connectivity index (χ1v) is 9.20. The summed E-state index contributed by atoms with van der Waals surface area (Å²) in [5.74, 6) is -0.0768. The fraction of sp³-hybridized carbons (Fsp3) is 0.650. The van der Waals surface area contributed by atoms with Crippen LogP contribution in [0.15, 0.2) is 24.3 Å². The van der Waals surface area contributed by atoms with Gasteiger partial charge in [-0.1, -0.05) is 57.9 Å². The van der Waals surface area contributed by atoms with Gasteiger partial charge < -0.3 is 11.1 Å². The van der Waals surface area contributed by atoms with E-state index in [0.717, 1.165) is 6.54 Å². The zero-order valence-electron chi connectivity index (χ0n) is 16.3. The maximum atomic E-state index is 12.3. The molecule has 0 unspecified atom stereocenters. The molecule has 150 valence electrons. The summed E-state index contributed by atoms with van der Waals surface area (Å²) in [5.41, 5.74) is 8.32. The van der Waals surface area contributed by atoms with Crippen LogP contribution in [0.5, 0.6) is 0 Å². The van der Waals surface area contributed by atoms with E-state index in [1.807, 2.05) is 26.8 Å². The first kappa shape index (κ1) is 25.2. The summed E-state index contributed by atoms with van der Waals surface area (Å²) in [6, 6.07) is 7.91. The van der Waals surface area contributed by atoms with Gasteiger partial charge in [-0.05, 0) is 42.5 Å².